The van der Waals surface area contributed by atoms with Crippen molar-refractivity contribution in [3.8, 4) is 0 Å². The Balaban J connectivity index is 2.18. The first-order valence-corrected chi connectivity index (χ1v) is 8.48. The minimum absolute atomic E-state index is 0.00352. The maximum absolute atomic E-state index is 12.8. The summed E-state index contributed by atoms with van der Waals surface area (Å²) in [5.74, 6) is -0.659. The molecule has 0 aromatic heterocycles. The minimum atomic E-state index is -0.854. The SMILES string of the molecule is COC(=O)[C@]12CCCC[C@@H]1C(=O)N(C)[C@H]2c1cc(Cl)cc(Cl)c1. The van der Waals surface area contributed by atoms with E-state index in [2.05, 4.69) is 0 Å². The van der Waals surface area contributed by atoms with Crippen molar-refractivity contribution < 1.29 is 14.3 Å². The number of carbonyl (C=O) groups excluding carboxylic acids is 2. The van der Waals surface area contributed by atoms with E-state index in [1.54, 1.807) is 30.1 Å². The molecule has 1 saturated heterocycles. The van der Waals surface area contributed by atoms with Gasteiger partial charge in [0, 0.05) is 17.1 Å². The van der Waals surface area contributed by atoms with Crippen LogP contribution in [0, 0.1) is 11.3 Å². The Kier molecular flexibility index (Phi) is 4.32. The lowest BCUT2D eigenvalue weighted by Gasteiger charge is -2.39. The maximum atomic E-state index is 12.8. The van der Waals surface area contributed by atoms with Crippen LogP contribution < -0.4 is 0 Å². The molecule has 0 unspecified atom stereocenters. The van der Waals surface area contributed by atoms with Gasteiger partial charge in [0.1, 0.15) is 5.41 Å². The van der Waals surface area contributed by atoms with Crippen LogP contribution in [0.4, 0.5) is 0 Å². The van der Waals surface area contributed by atoms with Crippen LogP contribution in [0.1, 0.15) is 37.3 Å². The number of fused-ring (bicyclic) bond motifs is 1. The second-order valence-electron chi connectivity index (χ2n) is 6.38. The van der Waals surface area contributed by atoms with Crippen LogP contribution in [-0.2, 0) is 14.3 Å². The normalized spacial score (nSPS) is 30.3. The zero-order chi connectivity index (χ0) is 16.8. The Morgan fingerprint density at radius 1 is 1.26 bits per heavy atom. The highest BCUT2D eigenvalue weighted by Crippen LogP contribution is 2.58. The molecule has 1 aromatic rings. The maximum Gasteiger partial charge on any atom is 0.315 e. The second-order valence-corrected chi connectivity index (χ2v) is 7.26. The number of benzene rings is 1. The predicted molar refractivity (Wildman–Crippen MR) is 88.4 cm³/mol. The Hall–Kier alpha value is -1.26. The number of esters is 1. The third-order valence-electron chi connectivity index (χ3n) is 5.24. The smallest absolute Gasteiger partial charge is 0.315 e. The molecule has 1 heterocycles. The lowest BCUT2D eigenvalue weighted by atomic mass is 9.63. The molecule has 3 rings (SSSR count). The molecular formula is C17H19Cl2NO3. The quantitative estimate of drug-likeness (QED) is 0.756. The molecule has 4 nitrogen and oxygen atoms in total. The first kappa shape index (κ1) is 16.6. The van der Waals surface area contributed by atoms with Crippen LogP contribution >= 0.6 is 23.2 Å². The summed E-state index contributed by atoms with van der Waals surface area (Å²) in [5, 5.41) is 0.986. The number of hydrogen-bond donors (Lipinski definition) is 0. The van der Waals surface area contributed by atoms with Gasteiger partial charge in [0.05, 0.1) is 19.1 Å². The van der Waals surface area contributed by atoms with Crippen molar-refractivity contribution in [2.24, 2.45) is 11.3 Å². The lowest BCUT2D eigenvalue weighted by molar-refractivity contribution is -0.160. The Labute approximate surface area is 145 Å². The Morgan fingerprint density at radius 3 is 2.52 bits per heavy atom. The van der Waals surface area contributed by atoms with Gasteiger partial charge >= 0.3 is 5.97 Å². The van der Waals surface area contributed by atoms with Crippen molar-refractivity contribution >= 4 is 35.1 Å². The number of hydrogen-bond acceptors (Lipinski definition) is 3. The Bertz CT molecular complexity index is 643. The lowest BCUT2D eigenvalue weighted by Crippen LogP contribution is -2.44. The summed E-state index contributed by atoms with van der Waals surface area (Å²) in [6.45, 7) is 0. The summed E-state index contributed by atoms with van der Waals surface area (Å²) in [5.41, 5.74) is -0.0690. The number of ether oxygens (including phenoxy) is 1. The van der Waals surface area contributed by atoms with Crippen LogP contribution in [-0.4, -0.2) is 30.9 Å². The van der Waals surface area contributed by atoms with Crippen LogP contribution in [0.25, 0.3) is 0 Å². The predicted octanol–water partition coefficient (Wildman–Crippen LogP) is 3.86. The van der Waals surface area contributed by atoms with E-state index in [0.29, 0.717) is 22.9 Å². The average molecular weight is 356 g/mol. The molecule has 1 aliphatic carbocycles. The highest BCUT2D eigenvalue weighted by molar-refractivity contribution is 6.34. The fraction of sp³-hybridized carbons (Fsp3) is 0.529. The highest BCUT2D eigenvalue weighted by Gasteiger charge is 2.63. The van der Waals surface area contributed by atoms with Gasteiger partial charge in [-0.2, -0.15) is 0 Å². The van der Waals surface area contributed by atoms with Crippen molar-refractivity contribution in [2.75, 3.05) is 14.2 Å². The molecule has 1 amide bonds. The third-order valence-corrected chi connectivity index (χ3v) is 5.68. The summed E-state index contributed by atoms with van der Waals surface area (Å²) in [6, 6.07) is 4.81. The van der Waals surface area contributed by atoms with Crippen molar-refractivity contribution in [3.63, 3.8) is 0 Å². The van der Waals surface area contributed by atoms with Gasteiger partial charge in [-0.05, 0) is 36.6 Å². The molecule has 0 N–H and O–H groups in total. The van der Waals surface area contributed by atoms with E-state index in [-0.39, 0.29) is 17.8 Å². The largest absolute Gasteiger partial charge is 0.469 e. The van der Waals surface area contributed by atoms with Crippen LogP contribution in [0.2, 0.25) is 10.0 Å². The van der Waals surface area contributed by atoms with Gasteiger partial charge in [0.2, 0.25) is 5.91 Å². The highest BCUT2D eigenvalue weighted by atomic mass is 35.5. The molecule has 2 aliphatic rings. The second kappa shape index (κ2) is 5.99. The van der Waals surface area contributed by atoms with Gasteiger partial charge < -0.3 is 9.64 Å². The first-order chi connectivity index (χ1) is 10.9. The number of halogens is 2. The zero-order valence-corrected chi connectivity index (χ0v) is 14.7. The van der Waals surface area contributed by atoms with Crippen molar-refractivity contribution in [1.82, 2.24) is 4.90 Å². The molecule has 124 valence electrons. The first-order valence-electron chi connectivity index (χ1n) is 7.73. The standard InChI is InChI=1S/C17H19Cl2NO3/c1-20-14(10-7-11(18)9-12(19)8-10)17(16(22)23-2)6-4-3-5-13(17)15(20)21/h7-9,13-14H,3-6H2,1-2H3/t13-,14+,17-/m1/s1. The van der Waals surface area contributed by atoms with Crippen molar-refractivity contribution in [2.45, 2.75) is 31.7 Å². The molecule has 6 heteroatoms. The van der Waals surface area contributed by atoms with E-state index in [0.717, 1.165) is 18.4 Å². The number of rotatable bonds is 2. The van der Waals surface area contributed by atoms with E-state index < -0.39 is 11.5 Å². The number of carbonyl (C=O) groups is 2. The zero-order valence-electron chi connectivity index (χ0n) is 13.1. The van der Waals surface area contributed by atoms with Crippen molar-refractivity contribution in [1.29, 1.82) is 0 Å². The molecule has 1 saturated carbocycles. The number of methoxy groups -OCH3 is 1. The fourth-order valence-electron chi connectivity index (χ4n) is 4.39. The summed E-state index contributed by atoms with van der Waals surface area (Å²) >= 11 is 12.3. The van der Waals surface area contributed by atoms with Gasteiger partial charge in [-0.15, -0.1) is 0 Å². The molecule has 1 aromatic carbocycles. The molecule has 23 heavy (non-hydrogen) atoms. The summed E-state index contributed by atoms with van der Waals surface area (Å²) in [6.07, 6.45) is 3.20. The van der Waals surface area contributed by atoms with Crippen molar-refractivity contribution in [3.05, 3.63) is 33.8 Å². The molecule has 2 fully saturated rings. The van der Waals surface area contributed by atoms with Crippen LogP contribution in [0.3, 0.4) is 0 Å². The van der Waals surface area contributed by atoms with Crippen LogP contribution in [0.15, 0.2) is 18.2 Å². The van der Waals surface area contributed by atoms with Gasteiger partial charge in [-0.25, -0.2) is 0 Å². The third kappa shape index (κ3) is 2.43. The van der Waals surface area contributed by atoms with Crippen LogP contribution in [0.5, 0.6) is 0 Å². The fourth-order valence-corrected chi connectivity index (χ4v) is 4.93. The summed E-state index contributed by atoms with van der Waals surface area (Å²) in [4.78, 5) is 27.2. The van der Waals surface area contributed by atoms with Gasteiger partial charge in [0.25, 0.3) is 0 Å². The number of likely N-dealkylation sites (tertiary alicyclic amines) is 1. The van der Waals surface area contributed by atoms with E-state index in [4.69, 9.17) is 27.9 Å². The van der Waals surface area contributed by atoms with Gasteiger partial charge in [-0.1, -0.05) is 36.0 Å². The topological polar surface area (TPSA) is 46.6 Å². The monoisotopic (exact) mass is 355 g/mol. The summed E-state index contributed by atoms with van der Waals surface area (Å²) in [7, 11) is 3.12. The molecule has 3 atom stereocenters. The molecule has 0 bridgehead atoms. The van der Waals surface area contributed by atoms with E-state index in [1.165, 1.54) is 7.11 Å². The van der Waals surface area contributed by atoms with E-state index in [1.807, 2.05) is 0 Å². The molecular weight excluding hydrogens is 337 g/mol. The number of nitrogens with zero attached hydrogens (tertiary/aromatic N) is 1. The Morgan fingerprint density at radius 2 is 1.91 bits per heavy atom. The average Bonchev–Trinajstić information content (AvgIpc) is 2.75. The minimum Gasteiger partial charge on any atom is -0.469 e. The van der Waals surface area contributed by atoms with E-state index >= 15 is 0 Å². The molecule has 1 aliphatic heterocycles. The number of amides is 1. The molecule has 0 radical (unpaired) electrons. The summed E-state index contributed by atoms with van der Waals surface area (Å²) < 4.78 is 5.12. The van der Waals surface area contributed by atoms with Gasteiger partial charge in [0.15, 0.2) is 0 Å². The van der Waals surface area contributed by atoms with E-state index in [9.17, 15) is 9.59 Å². The van der Waals surface area contributed by atoms with Gasteiger partial charge in [-0.3, -0.25) is 9.59 Å². The molecule has 0 spiro atoms.